The van der Waals surface area contributed by atoms with Crippen molar-refractivity contribution >= 4 is 0 Å². The molecular weight excluding hydrogens is 350 g/mol. The van der Waals surface area contributed by atoms with Gasteiger partial charge in [-0.25, -0.2) is 0 Å². The molecule has 1 N–H and O–H groups in total. The summed E-state index contributed by atoms with van der Waals surface area (Å²) in [5.41, 5.74) is 3.60. The molecule has 0 aromatic heterocycles. The molecule has 4 nitrogen and oxygen atoms in total. The van der Waals surface area contributed by atoms with E-state index in [1.54, 1.807) is 21.3 Å². The van der Waals surface area contributed by atoms with E-state index >= 15 is 0 Å². The van der Waals surface area contributed by atoms with Crippen molar-refractivity contribution in [1.29, 1.82) is 0 Å². The van der Waals surface area contributed by atoms with Gasteiger partial charge in [0.2, 0.25) is 0 Å². The fraction of sp³-hybridized carbons (Fsp3) is 0.250. The van der Waals surface area contributed by atoms with Crippen molar-refractivity contribution in [3.63, 3.8) is 0 Å². The maximum absolute atomic E-state index is 5.49. The van der Waals surface area contributed by atoms with E-state index in [9.17, 15) is 0 Å². The van der Waals surface area contributed by atoms with Gasteiger partial charge in [0.1, 0.15) is 17.2 Å². The molecule has 0 aliphatic heterocycles. The van der Waals surface area contributed by atoms with Gasteiger partial charge in [0.25, 0.3) is 0 Å². The van der Waals surface area contributed by atoms with E-state index in [-0.39, 0.29) is 6.04 Å². The highest BCUT2D eigenvalue weighted by Crippen LogP contribution is 2.24. The molecule has 0 amide bonds. The second kappa shape index (κ2) is 9.81. The Morgan fingerprint density at radius 1 is 0.714 bits per heavy atom. The summed E-state index contributed by atoms with van der Waals surface area (Å²) in [5.74, 6) is 2.62. The third kappa shape index (κ3) is 5.05. The molecule has 0 saturated carbocycles. The van der Waals surface area contributed by atoms with E-state index in [1.165, 1.54) is 11.1 Å². The van der Waals surface area contributed by atoms with Crippen molar-refractivity contribution in [3.05, 3.63) is 89.5 Å². The van der Waals surface area contributed by atoms with Gasteiger partial charge in [-0.3, -0.25) is 0 Å². The van der Waals surface area contributed by atoms with Gasteiger partial charge in [-0.05, 0) is 47.9 Å². The van der Waals surface area contributed by atoms with Crippen molar-refractivity contribution in [2.45, 2.75) is 19.0 Å². The van der Waals surface area contributed by atoms with Crippen LogP contribution in [-0.4, -0.2) is 21.3 Å². The molecule has 28 heavy (non-hydrogen) atoms. The molecule has 146 valence electrons. The summed E-state index contributed by atoms with van der Waals surface area (Å²) in [4.78, 5) is 0. The highest BCUT2D eigenvalue weighted by Gasteiger charge is 2.14. The molecule has 0 radical (unpaired) electrons. The Morgan fingerprint density at radius 3 is 1.93 bits per heavy atom. The predicted octanol–water partition coefficient (Wildman–Crippen LogP) is 4.79. The normalized spacial score (nSPS) is 11.7. The Labute approximate surface area is 167 Å². The second-order valence-electron chi connectivity index (χ2n) is 6.57. The van der Waals surface area contributed by atoms with E-state index < -0.39 is 0 Å². The van der Waals surface area contributed by atoms with Gasteiger partial charge < -0.3 is 19.5 Å². The molecule has 0 fully saturated rings. The summed E-state index contributed by atoms with van der Waals surface area (Å²) >= 11 is 0. The molecule has 4 heteroatoms. The summed E-state index contributed by atoms with van der Waals surface area (Å²) in [6, 6.07) is 24.7. The lowest BCUT2D eigenvalue weighted by molar-refractivity contribution is 0.404. The molecule has 3 aromatic carbocycles. The van der Waals surface area contributed by atoms with Gasteiger partial charge in [-0.2, -0.15) is 0 Å². The minimum Gasteiger partial charge on any atom is -0.497 e. The first-order valence-electron chi connectivity index (χ1n) is 9.35. The maximum atomic E-state index is 5.49. The molecule has 0 unspecified atom stereocenters. The number of hydrogen-bond donors (Lipinski definition) is 1. The highest BCUT2D eigenvalue weighted by atomic mass is 16.5. The van der Waals surface area contributed by atoms with Gasteiger partial charge >= 0.3 is 0 Å². The zero-order chi connectivity index (χ0) is 19.8. The van der Waals surface area contributed by atoms with Gasteiger partial charge in [0, 0.05) is 18.2 Å². The van der Waals surface area contributed by atoms with E-state index in [0.717, 1.165) is 35.8 Å². The average molecular weight is 377 g/mol. The smallest absolute Gasteiger partial charge is 0.123 e. The van der Waals surface area contributed by atoms with Crippen LogP contribution in [0.2, 0.25) is 0 Å². The number of nitrogens with one attached hydrogen (secondary N) is 1. The Morgan fingerprint density at radius 2 is 1.32 bits per heavy atom. The molecule has 0 spiro atoms. The molecule has 0 heterocycles. The second-order valence-corrected chi connectivity index (χ2v) is 6.57. The molecule has 0 bridgehead atoms. The van der Waals surface area contributed by atoms with Crippen LogP contribution in [0.1, 0.15) is 22.7 Å². The fourth-order valence-electron chi connectivity index (χ4n) is 3.22. The molecule has 3 rings (SSSR count). The Hall–Kier alpha value is -2.98. The molecule has 0 saturated heterocycles. The maximum Gasteiger partial charge on any atom is 0.123 e. The number of para-hydroxylation sites is 1. The number of methoxy groups -OCH3 is 3. The minimum absolute atomic E-state index is 0.157. The van der Waals surface area contributed by atoms with Crippen LogP contribution in [-0.2, 0) is 13.0 Å². The Kier molecular flexibility index (Phi) is 6.93. The van der Waals surface area contributed by atoms with E-state index in [1.807, 2.05) is 42.5 Å². The van der Waals surface area contributed by atoms with Gasteiger partial charge in [-0.15, -0.1) is 0 Å². The van der Waals surface area contributed by atoms with E-state index in [4.69, 9.17) is 14.2 Å². The van der Waals surface area contributed by atoms with Crippen LogP contribution in [0, 0.1) is 0 Å². The zero-order valence-electron chi connectivity index (χ0n) is 16.6. The number of rotatable bonds is 9. The highest BCUT2D eigenvalue weighted by molar-refractivity contribution is 5.35. The zero-order valence-corrected chi connectivity index (χ0v) is 16.6. The van der Waals surface area contributed by atoms with Crippen molar-refractivity contribution in [3.8, 4) is 17.2 Å². The molecule has 0 aliphatic rings. The van der Waals surface area contributed by atoms with E-state index in [0.29, 0.717) is 0 Å². The van der Waals surface area contributed by atoms with Crippen LogP contribution in [0.4, 0.5) is 0 Å². The fourth-order valence-corrected chi connectivity index (χ4v) is 3.22. The molecule has 1 atom stereocenters. The predicted molar refractivity (Wildman–Crippen MR) is 112 cm³/mol. The van der Waals surface area contributed by atoms with Crippen LogP contribution in [0.3, 0.4) is 0 Å². The summed E-state index contributed by atoms with van der Waals surface area (Å²) in [7, 11) is 5.07. The number of benzene rings is 3. The third-order valence-electron chi connectivity index (χ3n) is 4.85. The lowest BCUT2D eigenvalue weighted by Gasteiger charge is -2.21. The van der Waals surface area contributed by atoms with Gasteiger partial charge in [-0.1, -0.05) is 42.5 Å². The van der Waals surface area contributed by atoms with Crippen LogP contribution in [0.15, 0.2) is 72.8 Å². The largest absolute Gasteiger partial charge is 0.497 e. The van der Waals surface area contributed by atoms with Crippen LogP contribution in [0.5, 0.6) is 17.2 Å². The SMILES string of the molecule is COc1ccc(C[C@@H](NCc2ccccc2OC)c2ccc(OC)cc2)cc1. The third-order valence-corrected chi connectivity index (χ3v) is 4.85. The monoisotopic (exact) mass is 377 g/mol. The first-order chi connectivity index (χ1) is 13.7. The lowest BCUT2D eigenvalue weighted by atomic mass is 9.98. The Balaban J connectivity index is 1.80. The topological polar surface area (TPSA) is 39.7 Å². The molecule has 0 aliphatic carbocycles. The van der Waals surface area contributed by atoms with Crippen molar-refractivity contribution in [1.82, 2.24) is 5.32 Å². The molecular formula is C24H27NO3. The summed E-state index contributed by atoms with van der Waals surface area (Å²) in [6.45, 7) is 0.719. The Bertz CT molecular complexity index is 860. The minimum atomic E-state index is 0.157. The first-order valence-corrected chi connectivity index (χ1v) is 9.35. The van der Waals surface area contributed by atoms with Crippen molar-refractivity contribution in [2.75, 3.05) is 21.3 Å². The van der Waals surface area contributed by atoms with Crippen molar-refractivity contribution < 1.29 is 14.2 Å². The molecule has 3 aromatic rings. The van der Waals surface area contributed by atoms with Crippen LogP contribution >= 0.6 is 0 Å². The van der Waals surface area contributed by atoms with Gasteiger partial charge in [0.05, 0.1) is 21.3 Å². The lowest BCUT2D eigenvalue weighted by Crippen LogP contribution is -2.23. The van der Waals surface area contributed by atoms with Gasteiger partial charge in [0.15, 0.2) is 0 Å². The van der Waals surface area contributed by atoms with Crippen LogP contribution in [0.25, 0.3) is 0 Å². The number of hydrogen-bond acceptors (Lipinski definition) is 4. The quantitative estimate of drug-likeness (QED) is 0.582. The summed E-state index contributed by atoms with van der Waals surface area (Å²) in [6.07, 6.45) is 0.867. The van der Waals surface area contributed by atoms with E-state index in [2.05, 4.69) is 35.6 Å². The number of ether oxygens (including phenoxy) is 3. The summed E-state index contributed by atoms with van der Waals surface area (Å²) in [5, 5.41) is 3.69. The first kappa shape index (κ1) is 19.8. The average Bonchev–Trinajstić information content (AvgIpc) is 2.77. The van der Waals surface area contributed by atoms with Crippen LogP contribution < -0.4 is 19.5 Å². The summed E-state index contributed by atoms with van der Waals surface area (Å²) < 4.78 is 16.1. The van der Waals surface area contributed by atoms with Crippen molar-refractivity contribution in [2.24, 2.45) is 0 Å². The standard InChI is InChI=1S/C24H27NO3/c1-26-21-12-8-18(9-13-21)16-23(19-10-14-22(27-2)15-11-19)25-17-20-6-4-5-7-24(20)28-3/h4-15,23,25H,16-17H2,1-3H3/t23-/m1/s1.